The van der Waals surface area contributed by atoms with E-state index in [0.29, 0.717) is 50.6 Å². The number of nitrogens with one attached hydrogen (secondary N) is 1. The van der Waals surface area contributed by atoms with E-state index in [2.05, 4.69) is 17.4 Å². The molecule has 50 heavy (non-hydrogen) atoms. The van der Waals surface area contributed by atoms with Crippen molar-refractivity contribution in [1.29, 1.82) is 0 Å². The summed E-state index contributed by atoms with van der Waals surface area (Å²) in [6.07, 6.45) is 0.771. The molecule has 0 spiro atoms. The Bertz CT molecular complexity index is 1630. The third kappa shape index (κ3) is 12.3. The standard InChI is InChI=1S/C32H44N2O5.C7H8O3S/c1-3-38-26(2)34(19-21-35,20-22-36)32(28-14-8-5-9-15-28)39-23-18-33-30(24-27-12-6-4-7-13-27)25-29-16-10-11-17-31(29)37;1-6-4-2-3-5-7(6)11(8,9)10/h4-17,26,30,32-33,35-36H,3,18-25H2,1-2H3;2-5H,1H3,(H,8,9,10). The van der Waals surface area contributed by atoms with Crippen LogP contribution in [0.1, 0.15) is 42.3 Å². The monoisotopic (exact) mass is 708 g/mol. The molecule has 0 amide bonds. The number of para-hydroxylation sites is 1. The molecule has 0 fully saturated rings. The second-order valence-electron chi connectivity index (χ2n) is 12.1. The molecule has 4 aromatic rings. The van der Waals surface area contributed by atoms with Gasteiger partial charge in [0.1, 0.15) is 29.0 Å². The van der Waals surface area contributed by atoms with Gasteiger partial charge in [0.15, 0.2) is 6.23 Å². The van der Waals surface area contributed by atoms with E-state index in [0.717, 1.165) is 17.5 Å². The summed E-state index contributed by atoms with van der Waals surface area (Å²) in [5, 5.41) is 34.1. The molecule has 0 saturated carbocycles. The van der Waals surface area contributed by atoms with Crippen LogP contribution in [0.15, 0.2) is 114 Å². The van der Waals surface area contributed by atoms with Gasteiger partial charge >= 0.3 is 0 Å². The van der Waals surface area contributed by atoms with E-state index in [9.17, 15) is 28.3 Å². The quantitative estimate of drug-likeness (QED) is 0.0461. The number of hydrogen-bond acceptors (Lipinski definition) is 9. The number of nitrogens with zero attached hydrogens (tertiary/aromatic N) is 1. The summed E-state index contributed by atoms with van der Waals surface area (Å²) >= 11 is 0. The van der Waals surface area contributed by atoms with Gasteiger partial charge in [-0.2, -0.15) is 0 Å². The fourth-order valence-corrected chi connectivity index (χ4v) is 6.86. The molecule has 4 rings (SSSR count). The molecule has 11 heteroatoms. The average molecular weight is 709 g/mol. The predicted molar refractivity (Wildman–Crippen MR) is 193 cm³/mol. The number of aliphatic hydroxyl groups excluding tert-OH is 2. The van der Waals surface area contributed by atoms with Crippen molar-refractivity contribution in [1.82, 2.24) is 5.32 Å². The summed E-state index contributed by atoms with van der Waals surface area (Å²) in [5.41, 5.74) is 3.59. The molecule has 0 aliphatic rings. The largest absolute Gasteiger partial charge is 0.744 e. The molecule has 4 aromatic carbocycles. The van der Waals surface area contributed by atoms with Crippen LogP contribution in [0.3, 0.4) is 0 Å². The fourth-order valence-electron chi connectivity index (χ4n) is 6.16. The minimum absolute atomic E-state index is 0.0535. The molecule has 0 radical (unpaired) electrons. The third-order valence-electron chi connectivity index (χ3n) is 8.67. The van der Waals surface area contributed by atoms with E-state index < -0.39 is 16.3 Å². The molecule has 0 bridgehead atoms. The summed E-state index contributed by atoms with van der Waals surface area (Å²) in [5.74, 6) is 0.303. The van der Waals surface area contributed by atoms with Gasteiger partial charge in [0.05, 0.1) is 31.3 Å². The highest BCUT2D eigenvalue weighted by atomic mass is 32.2. The van der Waals surface area contributed by atoms with Crippen molar-refractivity contribution >= 4 is 10.1 Å². The zero-order valence-corrected chi connectivity index (χ0v) is 30.0. The van der Waals surface area contributed by atoms with Crippen LogP contribution in [0.25, 0.3) is 0 Å². The second-order valence-corrected chi connectivity index (χ2v) is 13.4. The van der Waals surface area contributed by atoms with Crippen LogP contribution in [0.2, 0.25) is 0 Å². The molecule has 272 valence electrons. The third-order valence-corrected chi connectivity index (χ3v) is 9.67. The Morgan fingerprint density at radius 1 is 0.800 bits per heavy atom. The fraction of sp³-hybridized carbons (Fsp3) is 0.385. The van der Waals surface area contributed by atoms with Gasteiger partial charge in [-0.25, -0.2) is 8.42 Å². The van der Waals surface area contributed by atoms with Crippen LogP contribution >= 0.6 is 0 Å². The van der Waals surface area contributed by atoms with Crippen molar-refractivity contribution in [3.05, 3.63) is 131 Å². The lowest BCUT2D eigenvalue weighted by atomic mass is 9.98. The van der Waals surface area contributed by atoms with Gasteiger partial charge in [0.25, 0.3) is 0 Å². The number of phenols is 1. The molecular formula is C39H52N2O8S. The van der Waals surface area contributed by atoms with E-state index >= 15 is 0 Å². The van der Waals surface area contributed by atoms with E-state index in [1.807, 2.05) is 80.6 Å². The first kappa shape index (κ1) is 40.8. The zero-order valence-electron chi connectivity index (χ0n) is 29.2. The highest BCUT2D eigenvalue weighted by Crippen LogP contribution is 2.33. The van der Waals surface area contributed by atoms with Gasteiger partial charge < -0.3 is 34.7 Å². The van der Waals surface area contributed by atoms with E-state index in [1.54, 1.807) is 25.1 Å². The number of benzene rings is 4. The molecule has 4 N–H and O–H groups in total. The SMILES string of the molecule is CCOC(C)[N+](CCO)(CCO)C(OCCNC(Cc1ccccc1)Cc1ccccc1O)c1ccccc1.Cc1ccccc1S(=O)(=O)[O-]. The summed E-state index contributed by atoms with van der Waals surface area (Å²) < 4.78 is 44.4. The number of ether oxygens (including phenoxy) is 2. The summed E-state index contributed by atoms with van der Waals surface area (Å²) in [6.45, 7) is 7.72. The number of rotatable bonds is 19. The number of aliphatic hydroxyl groups is 2. The summed E-state index contributed by atoms with van der Waals surface area (Å²) in [7, 11) is -4.28. The lowest BCUT2D eigenvalue weighted by Crippen LogP contribution is -2.61. The average Bonchev–Trinajstić information content (AvgIpc) is 3.10. The predicted octanol–water partition coefficient (Wildman–Crippen LogP) is 4.93. The topological polar surface area (TPSA) is 148 Å². The van der Waals surface area contributed by atoms with Crippen molar-refractivity contribution in [2.75, 3.05) is 46.1 Å². The van der Waals surface area contributed by atoms with Gasteiger partial charge in [-0.1, -0.05) is 97.1 Å². The molecule has 0 heterocycles. The van der Waals surface area contributed by atoms with Crippen LogP contribution in [0.5, 0.6) is 5.75 Å². The lowest BCUT2D eigenvalue weighted by molar-refractivity contribution is -1.02. The van der Waals surface area contributed by atoms with E-state index in [4.69, 9.17) is 9.47 Å². The van der Waals surface area contributed by atoms with Gasteiger partial charge in [0.2, 0.25) is 6.23 Å². The van der Waals surface area contributed by atoms with Gasteiger partial charge in [-0.15, -0.1) is 0 Å². The van der Waals surface area contributed by atoms with Crippen molar-refractivity contribution in [2.24, 2.45) is 0 Å². The minimum Gasteiger partial charge on any atom is -0.744 e. The zero-order chi connectivity index (χ0) is 36.4. The number of phenolic OH excluding ortho intramolecular Hbond substituents is 1. The number of hydrogen-bond donors (Lipinski definition) is 4. The molecule has 3 unspecified atom stereocenters. The van der Waals surface area contributed by atoms with Gasteiger partial charge in [-0.3, -0.25) is 4.48 Å². The normalized spacial score (nSPS) is 13.6. The van der Waals surface area contributed by atoms with Crippen molar-refractivity contribution in [2.45, 2.75) is 57.0 Å². The van der Waals surface area contributed by atoms with Crippen molar-refractivity contribution < 1.29 is 42.2 Å². The maximum atomic E-state index is 10.5. The first-order valence-electron chi connectivity index (χ1n) is 17.0. The molecule has 0 saturated heterocycles. The second kappa shape index (κ2) is 20.9. The van der Waals surface area contributed by atoms with E-state index in [1.165, 1.54) is 17.7 Å². The lowest BCUT2D eigenvalue weighted by Gasteiger charge is -2.47. The summed E-state index contributed by atoms with van der Waals surface area (Å²) in [6, 6.07) is 34.0. The Morgan fingerprint density at radius 3 is 1.94 bits per heavy atom. The van der Waals surface area contributed by atoms with Crippen LogP contribution in [-0.4, -0.2) is 91.1 Å². The van der Waals surface area contributed by atoms with Crippen LogP contribution in [-0.2, 0) is 32.4 Å². The number of aromatic hydroxyl groups is 1. The van der Waals surface area contributed by atoms with Crippen molar-refractivity contribution in [3.8, 4) is 5.75 Å². The Balaban J connectivity index is 0.000000521. The number of aryl methyl sites for hydroxylation is 1. The molecule has 0 aliphatic heterocycles. The minimum atomic E-state index is -4.28. The van der Waals surface area contributed by atoms with Crippen LogP contribution in [0.4, 0.5) is 0 Å². The Morgan fingerprint density at radius 2 is 1.38 bits per heavy atom. The molecule has 10 nitrogen and oxygen atoms in total. The van der Waals surface area contributed by atoms with Gasteiger partial charge in [0, 0.05) is 25.1 Å². The number of quaternary nitrogens is 1. The first-order valence-corrected chi connectivity index (χ1v) is 18.4. The highest BCUT2D eigenvalue weighted by molar-refractivity contribution is 7.85. The first-order chi connectivity index (χ1) is 24.1. The van der Waals surface area contributed by atoms with Crippen molar-refractivity contribution in [3.63, 3.8) is 0 Å². The van der Waals surface area contributed by atoms with E-state index in [-0.39, 0.29) is 34.9 Å². The molecular weight excluding hydrogens is 657 g/mol. The highest BCUT2D eigenvalue weighted by Gasteiger charge is 2.43. The Hall–Kier alpha value is -3.65. The Kier molecular flexibility index (Phi) is 17.0. The Labute approximate surface area is 297 Å². The van der Waals surface area contributed by atoms with Crippen LogP contribution in [0, 0.1) is 6.92 Å². The maximum absolute atomic E-state index is 10.5. The summed E-state index contributed by atoms with van der Waals surface area (Å²) in [4.78, 5) is -0.139. The molecule has 0 aromatic heterocycles. The van der Waals surface area contributed by atoms with Crippen LogP contribution < -0.4 is 5.32 Å². The smallest absolute Gasteiger partial charge is 0.222 e. The molecule has 3 atom stereocenters. The van der Waals surface area contributed by atoms with Gasteiger partial charge in [-0.05, 0) is 55.5 Å². The maximum Gasteiger partial charge on any atom is 0.222 e. The molecule has 0 aliphatic carbocycles.